The number of hydrogen-bond donors (Lipinski definition) is 3. The largest absolute Gasteiger partial charge is 0.480 e. The lowest BCUT2D eigenvalue weighted by molar-refractivity contribution is -0.142. The average molecular weight is 286 g/mol. The molecular formula is C13H16ClNO4. The fourth-order valence-electron chi connectivity index (χ4n) is 1.61. The first-order valence-electron chi connectivity index (χ1n) is 5.86. The molecule has 0 saturated heterocycles. The highest BCUT2D eigenvalue weighted by Crippen LogP contribution is 2.12. The quantitative estimate of drug-likeness (QED) is 0.711. The lowest BCUT2D eigenvalue weighted by atomic mass is 10.0. The van der Waals surface area contributed by atoms with Crippen molar-refractivity contribution in [2.45, 2.75) is 31.8 Å². The molecule has 0 fully saturated rings. The molecule has 0 bridgehead atoms. The summed E-state index contributed by atoms with van der Waals surface area (Å²) in [5.41, 5.74) is 0.959. The van der Waals surface area contributed by atoms with E-state index in [0.717, 1.165) is 5.56 Å². The monoisotopic (exact) mass is 285 g/mol. The summed E-state index contributed by atoms with van der Waals surface area (Å²) >= 11 is 5.76. The van der Waals surface area contributed by atoms with Gasteiger partial charge in [-0.1, -0.05) is 23.7 Å². The highest BCUT2D eigenvalue weighted by molar-refractivity contribution is 6.30. The zero-order chi connectivity index (χ0) is 14.4. The second-order valence-electron chi connectivity index (χ2n) is 4.28. The summed E-state index contributed by atoms with van der Waals surface area (Å²) in [6, 6.07) is 5.33. The summed E-state index contributed by atoms with van der Waals surface area (Å²) in [5.74, 6) is -2.13. The van der Waals surface area contributed by atoms with Gasteiger partial charge >= 0.3 is 11.9 Å². The van der Waals surface area contributed by atoms with Gasteiger partial charge in [-0.2, -0.15) is 0 Å². The van der Waals surface area contributed by atoms with Crippen LogP contribution in [0.5, 0.6) is 0 Å². The van der Waals surface area contributed by atoms with E-state index in [1.54, 1.807) is 12.1 Å². The first-order valence-corrected chi connectivity index (χ1v) is 6.24. The van der Waals surface area contributed by atoms with Crippen molar-refractivity contribution in [3.63, 3.8) is 0 Å². The van der Waals surface area contributed by atoms with Crippen LogP contribution in [0.25, 0.3) is 0 Å². The molecule has 0 amide bonds. The van der Waals surface area contributed by atoms with E-state index in [2.05, 4.69) is 5.32 Å². The van der Waals surface area contributed by atoms with Crippen LogP contribution in [0.1, 0.15) is 18.9 Å². The van der Waals surface area contributed by atoms with Crippen LogP contribution in [0.15, 0.2) is 24.3 Å². The maximum Gasteiger partial charge on any atom is 0.320 e. The van der Waals surface area contributed by atoms with Crippen LogP contribution in [0.2, 0.25) is 5.02 Å². The third-order valence-electron chi connectivity index (χ3n) is 2.75. The molecule has 1 aromatic rings. The smallest absolute Gasteiger partial charge is 0.320 e. The molecule has 0 saturated carbocycles. The van der Waals surface area contributed by atoms with Gasteiger partial charge in [0.15, 0.2) is 0 Å². The molecule has 2 atom stereocenters. The fraction of sp³-hybridized carbons (Fsp3) is 0.385. The number of aryl methyl sites for hydroxylation is 1. The van der Waals surface area contributed by atoms with Gasteiger partial charge in [0.25, 0.3) is 0 Å². The SMILES string of the molecule is C[C@@H](NC(CCc1ccc(Cl)cc1)C(=O)O)C(=O)O. The molecule has 0 radical (unpaired) electrons. The Morgan fingerprint density at radius 2 is 1.79 bits per heavy atom. The molecule has 5 nitrogen and oxygen atoms in total. The molecule has 6 heteroatoms. The maximum atomic E-state index is 11.1. The summed E-state index contributed by atoms with van der Waals surface area (Å²) in [4.78, 5) is 21.8. The van der Waals surface area contributed by atoms with Crippen molar-refractivity contribution in [2.75, 3.05) is 0 Å². The Hall–Kier alpha value is -1.59. The molecule has 1 rings (SSSR count). The van der Waals surface area contributed by atoms with Crippen molar-refractivity contribution in [3.8, 4) is 0 Å². The molecule has 0 aliphatic rings. The van der Waals surface area contributed by atoms with E-state index < -0.39 is 24.0 Å². The molecule has 0 heterocycles. The number of aliphatic carboxylic acids is 2. The minimum atomic E-state index is -1.07. The first kappa shape index (κ1) is 15.5. The molecular weight excluding hydrogens is 270 g/mol. The molecule has 3 N–H and O–H groups in total. The lowest BCUT2D eigenvalue weighted by Crippen LogP contribution is -2.45. The van der Waals surface area contributed by atoms with Crippen molar-refractivity contribution in [1.82, 2.24) is 5.32 Å². The number of carboxylic acids is 2. The summed E-state index contributed by atoms with van der Waals surface area (Å²) in [5, 5.41) is 21.0. The van der Waals surface area contributed by atoms with Crippen LogP contribution < -0.4 is 5.32 Å². The van der Waals surface area contributed by atoms with Crippen molar-refractivity contribution in [1.29, 1.82) is 0 Å². The predicted octanol–water partition coefficient (Wildman–Crippen LogP) is 1.79. The molecule has 1 unspecified atom stereocenters. The van der Waals surface area contributed by atoms with Crippen molar-refractivity contribution in [3.05, 3.63) is 34.9 Å². The number of benzene rings is 1. The number of carbonyl (C=O) groups is 2. The molecule has 0 aromatic heterocycles. The third-order valence-corrected chi connectivity index (χ3v) is 3.01. The Labute approximate surface area is 116 Å². The van der Waals surface area contributed by atoms with Gasteiger partial charge in [-0.3, -0.25) is 14.9 Å². The Balaban J connectivity index is 2.57. The van der Waals surface area contributed by atoms with E-state index in [-0.39, 0.29) is 0 Å². The van der Waals surface area contributed by atoms with Crippen molar-refractivity contribution >= 4 is 23.5 Å². The standard InChI is InChI=1S/C13H16ClNO4/c1-8(12(16)17)15-11(13(18)19)7-4-9-2-5-10(14)6-3-9/h2-3,5-6,8,11,15H,4,7H2,1H3,(H,16,17)(H,18,19)/t8-,11?/m1/s1. The fourth-order valence-corrected chi connectivity index (χ4v) is 1.74. The second kappa shape index (κ2) is 7.11. The molecule has 19 heavy (non-hydrogen) atoms. The topological polar surface area (TPSA) is 86.6 Å². The van der Waals surface area contributed by atoms with Crippen LogP contribution in [0.4, 0.5) is 0 Å². The van der Waals surface area contributed by atoms with Gasteiger partial charge in [0.05, 0.1) is 0 Å². The van der Waals surface area contributed by atoms with Gasteiger partial charge < -0.3 is 10.2 Å². The minimum absolute atomic E-state index is 0.314. The summed E-state index contributed by atoms with van der Waals surface area (Å²) in [7, 11) is 0. The number of halogens is 1. The summed E-state index contributed by atoms with van der Waals surface area (Å²) in [6.07, 6.45) is 0.849. The molecule has 1 aromatic carbocycles. The third kappa shape index (κ3) is 5.28. The zero-order valence-electron chi connectivity index (χ0n) is 10.5. The zero-order valence-corrected chi connectivity index (χ0v) is 11.2. The Bertz CT molecular complexity index is 446. The molecule has 0 aliphatic carbocycles. The van der Waals surface area contributed by atoms with E-state index in [4.69, 9.17) is 21.8 Å². The number of carboxylic acid groups (broad SMARTS) is 2. The Kier molecular flexibility index (Phi) is 5.79. The van der Waals surface area contributed by atoms with Crippen LogP contribution in [0.3, 0.4) is 0 Å². The second-order valence-corrected chi connectivity index (χ2v) is 4.72. The predicted molar refractivity (Wildman–Crippen MR) is 71.4 cm³/mol. The summed E-state index contributed by atoms with van der Waals surface area (Å²) in [6.45, 7) is 1.42. The maximum absolute atomic E-state index is 11.1. The van der Waals surface area contributed by atoms with E-state index >= 15 is 0 Å². The van der Waals surface area contributed by atoms with Crippen LogP contribution >= 0.6 is 11.6 Å². The minimum Gasteiger partial charge on any atom is -0.480 e. The molecule has 104 valence electrons. The molecule has 0 aliphatic heterocycles. The number of nitrogens with one attached hydrogen (secondary N) is 1. The number of rotatable bonds is 7. The Morgan fingerprint density at radius 3 is 2.26 bits per heavy atom. The summed E-state index contributed by atoms with van der Waals surface area (Å²) < 4.78 is 0. The van der Waals surface area contributed by atoms with Crippen molar-refractivity contribution in [2.24, 2.45) is 0 Å². The molecule has 0 spiro atoms. The van der Waals surface area contributed by atoms with E-state index in [1.165, 1.54) is 6.92 Å². The normalized spacial score (nSPS) is 13.8. The van der Waals surface area contributed by atoms with Crippen molar-refractivity contribution < 1.29 is 19.8 Å². The average Bonchev–Trinajstić information content (AvgIpc) is 2.35. The van der Waals surface area contributed by atoms with E-state index in [9.17, 15) is 9.59 Å². The van der Waals surface area contributed by atoms with Gasteiger partial charge in [0.1, 0.15) is 12.1 Å². The van der Waals surface area contributed by atoms with E-state index in [0.29, 0.717) is 17.9 Å². The van der Waals surface area contributed by atoms with Gasteiger partial charge in [0.2, 0.25) is 0 Å². The van der Waals surface area contributed by atoms with Crippen LogP contribution in [-0.4, -0.2) is 34.2 Å². The highest BCUT2D eigenvalue weighted by Gasteiger charge is 2.22. The van der Waals surface area contributed by atoms with Gasteiger partial charge in [-0.15, -0.1) is 0 Å². The first-order chi connectivity index (χ1) is 8.90. The van der Waals surface area contributed by atoms with Crippen LogP contribution in [-0.2, 0) is 16.0 Å². The van der Waals surface area contributed by atoms with Crippen LogP contribution in [0, 0.1) is 0 Å². The Morgan fingerprint density at radius 1 is 1.21 bits per heavy atom. The van der Waals surface area contributed by atoms with Gasteiger partial charge in [0, 0.05) is 5.02 Å². The van der Waals surface area contributed by atoms with E-state index in [1.807, 2.05) is 12.1 Å². The van der Waals surface area contributed by atoms with Gasteiger partial charge in [-0.05, 0) is 37.5 Å². The number of hydrogen-bond acceptors (Lipinski definition) is 3. The lowest BCUT2D eigenvalue weighted by Gasteiger charge is -2.17. The highest BCUT2D eigenvalue weighted by atomic mass is 35.5. The van der Waals surface area contributed by atoms with Gasteiger partial charge in [-0.25, -0.2) is 0 Å².